The summed E-state index contributed by atoms with van der Waals surface area (Å²) in [6, 6.07) is 13.6. The first-order chi connectivity index (χ1) is 16.0. The highest BCUT2D eigenvalue weighted by molar-refractivity contribution is 6.06. The molecule has 164 valence electrons. The number of benzene rings is 2. The average Bonchev–Trinajstić information content (AvgIpc) is 3.43. The Labute approximate surface area is 187 Å². The Hall–Kier alpha value is -4.40. The number of anilines is 1. The van der Waals surface area contributed by atoms with Crippen molar-refractivity contribution in [3.63, 3.8) is 0 Å². The summed E-state index contributed by atoms with van der Waals surface area (Å²) in [6.07, 6.45) is 4.69. The topological polar surface area (TPSA) is 77.1 Å². The monoisotopic (exact) mass is 444 g/mol. The molecule has 0 saturated carbocycles. The lowest BCUT2D eigenvalue weighted by Crippen LogP contribution is -2.19. The van der Waals surface area contributed by atoms with Gasteiger partial charge in [-0.3, -0.25) is 13.9 Å². The summed E-state index contributed by atoms with van der Waals surface area (Å²) in [5.74, 6) is -2.47. The maximum atomic E-state index is 15.9. The number of hydrogen-bond acceptors (Lipinski definition) is 4. The minimum absolute atomic E-state index is 0.121. The first kappa shape index (κ1) is 20.5. The van der Waals surface area contributed by atoms with Gasteiger partial charge in [-0.15, -0.1) is 10.2 Å². The van der Waals surface area contributed by atoms with E-state index in [1.165, 1.54) is 17.2 Å². The number of fused-ring (bicyclic) bond motifs is 1. The number of carbonyl (C=O) groups excluding carboxylic acids is 1. The van der Waals surface area contributed by atoms with Crippen LogP contribution >= 0.6 is 0 Å². The van der Waals surface area contributed by atoms with E-state index in [1.54, 1.807) is 73.1 Å². The Morgan fingerprint density at radius 2 is 1.73 bits per heavy atom. The third-order valence-corrected chi connectivity index (χ3v) is 5.57. The number of aryl methyl sites for hydroxylation is 1. The number of pyridine rings is 1. The smallest absolute Gasteiger partial charge is 0.262 e. The van der Waals surface area contributed by atoms with Crippen LogP contribution in [0.5, 0.6) is 0 Å². The molecule has 0 saturated heterocycles. The zero-order valence-electron chi connectivity index (χ0n) is 17.8. The second-order valence-corrected chi connectivity index (χ2v) is 7.55. The van der Waals surface area contributed by atoms with Crippen LogP contribution in [0.4, 0.5) is 14.6 Å². The van der Waals surface area contributed by atoms with Gasteiger partial charge in [0.1, 0.15) is 29.3 Å². The number of nitrogens with zero attached hydrogens (tertiary/aromatic N) is 5. The van der Waals surface area contributed by atoms with Crippen LogP contribution in [0.3, 0.4) is 0 Å². The minimum Gasteiger partial charge on any atom is -0.307 e. The van der Waals surface area contributed by atoms with Crippen LogP contribution in [0.15, 0.2) is 67.3 Å². The minimum atomic E-state index is -0.951. The molecule has 33 heavy (non-hydrogen) atoms. The zero-order chi connectivity index (χ0) is 23.1. The van der Waals surface area contributed by atoms with Gasteiger partial charge in [0.15, 0.2) is 5.65 Å². The summed E-state index contributed by atoms with van der Waals surface area (Å²) in [6.45, 7) is 1.64. The lowest BCUT2D eigenvalue weighted by Gasteiger charge is -2.18. The molecule has 7 nitrogen and oxygen atoms in total. The van der Waals surface area contributed by atoms with Gasteiger partial charge in [-0.2, -0.15) is 5.10 Å². The molecule has 0 radical (unpaired) electrons. The molecule has 1 N–H and O–H groups in total. The average molecular weight is 444 g/mol. The Morgan fingerprint density at radius 1 is 1.00 bits per heavy atom. The predicted octanol–water partition coefficient (Wildman–Crippen LogP) is 4.64. The van der Waals surface area contributed by atoms with E-state index in [-0.39, 0.29) is 11.1 Å². The van der Waals surface area contributed by atoms with Gasteiger partial charge in [-0.05, 0) is 35.7 Å². The SMILES string of the molecule is Cc1c(-c2ccccc2)c(F)c(C(=O)Nc2ccnn2C)c(F)c1-c1ccn2cnnc2c1. The summed E-state index contributed by atoms with van der Waals surface area (Å²) in [4.78, 5) is 13.1. The highest BCUT2D eigenvalue weighted by Gasteiger charge is 2.29. The zero-order valence-corrected chi connectivity index (χ0v) is 17.8. The van der Waals surface area contributed by atoms with E-state index >= 15 is 8.78 Å². The number of carbonyl (C=O) groups is 1. The van der Waals surface area contributed by atoms with Crippen LogP contribution in [0.25, 0.3) is 27.9 Å². The maximum absolute atomic E-state index is 15.9. The van der Waals surface area contributed by atoms with Gasteiger partial charge >= 0.3 is 0 Å². The number of amides is 1. The lowest BCUT2D eigenvalue weighted by molar-refractivity contribution is 0.101. The molecular weight excluding hydrogens is 426 g/mol. The van der Waals surface area contributed by atoms with E-state index in [2.05, 4.69) is 20.6 Å². The van der Waals surface area contributed by atoms with Crippen LogP contribution in [-0.2, 0) is 7.05 Å². The summed E-state index contributed by atoms with van der Waals surface area (Å²) in [5.41, 5.74) is 1.47. The van der Waals surface area contributed by atoms with E-state index in [0.717, 1.165) is 0 Å². The van der Waals surface area contributed by atoms with Crippen LogP contribution in [0.1, 0.15) is 15.9 Å². The fourth-order valence-corrected chi connectivity index (χ4v) is 3.94. The van der Waals surface area contributed by atoms with Crippen molar-refractivity contribution in [2.45, 2.75) is 6.92 Å². The van der Waals surface area contributed by atoms with Crippen molar-refractivity contribution in [3.8, 4) is 22.3 Å². The number of aromatic nitrogens is 5. The quantitative estimate of drug-likeness (QED) is 0.438. The normalized spacial score (nSPS) is 11.2. The Morgan fingerprint density at radius 3 is 2.42 bits per heavy atom. The van der Waals surface area contributed by atoms with Gasteiger partial charge in [0.2, 0.25) is 0 Å². The van der Waals surface area contributed by atoms with E-state index in [0.29, 0.717) is 28.2 Å². The van der Waals surface area contributed by atoms with Gasteiger partial charge in [-0.25, -0.2) is 8.78 Å². The van der Waals surface area contributed by atoms with Crippen LogP contribution < -0.4 is 5.32 Å². The summed E-state index contributed by atoms with van der Waals surface area (Å²) >= 11 is 0. The van der Waals surface area contributed by atoms with E-state index in [9.17, 15) is 4.79 Å². The van der Waals surface area contributed by atoms with Crippen LogP contribution in [-0.4, -0.2) is 30.3 Å². The number of nitrogens with one attached hydrogen (secondary N) is 1. The van der Waals surface area contributed by atoms with Gasteiger partial charge in [-0.1, -0.05) is 30.3 Å². The van der Waals surface area contributed by atoms with Crippen molar-refractivity contribution in [1.82, 2.24) is 24.4 Å². The second-order valence-electron chi connectivity index (χ2n) is 7.55. The van der Waals surface area contributed by atoms with Crippen LogP contribution in [0, 0.1) is 18.6 Å². The van der Waals surface area contributed by atoms with E-state index in [1.807, 2.05) is 0 Å². The van der Waals surface area contributed by atoms with Gasteiger partial charge in [0.05, 0.1) is 6.20 Å². The van der Waals surface area contributed by atoms with Crippen molar-refractivity contribution < 1.29 is 13.6 Å². The Kier molecular flexibility index (Phi) is 4.93. The molecule has 0 unspecified atom stereocenters. The lowest BCUT2D eigenvalue weighted by atomic mass is 9.89. The molecule has 3 heterocycles. The third kappa shape index (κ3) is 3.43. The third-order valence-electron chi connectivity index (χ3n) is 5.57. The highest BCUT2D eigenvalue weighted by atomic mass is 19.1. The maximum Gasteiger partial charge on any atom is 0.262 e. The van der Waals surface area contributed by atoms with Crippen molar-refractivity contribution in [3.05, 3.63) is 90.0 Å². The molecule has 5 rings (SSSR count). The predicted molar refractivity (Wildman–Crippen MR) is 120 cm³/mol. The molecule has 0 aliphatic heterocycles. The molecule has 1 amide bonds. The standard InChI is InChI=1S/C24H18F2N6O/c1-14-19(15-6-4-3-5-7-15)22(25)21(24(33)29-17-8-10-28-31(17)2)23(26)20(14)16-9-11-32-13-27-30-18(32)12-16/h3-13H,1-2H3,(H,29,33). The molecule has 5 aromatic rings. The molecule has 0 spiro atoms. The Bertz CT molecular complexity index is 1510. The second kappa shape index (κ2) is 7.94. The summed E-state index contributed by atoms with van der Waals surface area (Å²) < 4.78 is 34.8. The molecule has 0 fully saturated rings. The molecule has 0 bridgehead atoms. The van der Waals surface area contributed by atoms with Crippen molar-refractivity contribution in [1.29, 1.82) is 0 Å². The highest BCUT2D eigenvalue weighted by Crippen LogP contribution is 2.39. The fraction of sp³-hybridized carbons (Fsp3) is 0.0833. The fourth-order valence-electron chi connectivity index (χ4n) is 3.94. The van der Waals surface area contributed by atoms with Gasteiger partial charge < -0.3 is 5.32 Å². The molecule has 3 aromatic heterocycles. The molecule has 0 atom stereocenters. The Balaban J connectivity index is 1.77. The number of halogens is 2. The first-order valence-corrected chi connectivity index (χ1v) is 10.1. The van der Waals surface area contributed by atoms with Crippen molar-refractivity contribution >= 4 is 17.4 Å². The van der Waals surface area contributed by atoms with Gasteiger partial charge in [0, 0.05) is 30.4 Å². The summed E-state index contributed by atoms with van der Waals surface area (Å²) in [7, 11) is 1.62. The van der Waals surface area contributed by atoms with Crippen LogP contribution in [0.2, 0.25) is 0 Å². The van der Waals surface area contributed by atoms with Gasteiger partial charge in [0.25, 0.3) is 5.91 Å². The number of hydrogen-bond donors (Lipinski definition) is 1. The van der Waals surface area contributed by atoms with Crippen molar-refractivity contribution in [2.24, 2.45) is 7.05 Å². The van der Waals surface area contributed by atoms with Crippen molar-refractivity contribution in [2.75, 3.05) is 5.32 Å². The first-order valence-electron chi connectivity index (χ1n) is 10.1. The largest absolute Gasteiger partial charge is 0.307 e. The summed E-state index contributed by atoms with van der Waals surface area (Å²) in [5, 5.41) is 14.4. The molecule has 0 aliphatic rings. The molecule has 2 aromatic carbocycles. The molecular formula is C24H18F2N6O. The molecule has 9 heteroatoms. The van der Waals surface area contributed by atoms with E-state index in [4.69, 9.17) is 0 Å². The number of rotatable bonds is 4. The van der Waals surface area contributed by atoms with E-state index < -0.39 is 23.1 Å². The molecule has 0 aliphatic carbocycles.